The molecule has 6 heteroatoms. The number of benzene rings is 3. The monoisotopic (exact) mass is 505 g/mol. The lowest BCUT2D eigenvalue weighted by Crippen LogP contribution is -2.24. The topological polar surface area (TPSA) is 83.5 Å². The maximum Gasteiger partial charge on any atom is 0.340 e. The van der Waals surface area contributed by atoms with Crippen molar-refractivity contribution in [2.75, 3.05) is 0 Å². The summed E-state index contributed by atoms with van der Waals surface area (Å²) in [6, 6.07) is 18.3. The maximum absolute atomic E-state index is 14.0. The number of esters is 1. The van der Waals surface area contributed by atoms with Gasteiger partial charge in [0, 0.05) is 5.56 Å². The van der Waals surface area contributed by atoms with Crippen LogP contribution in [0.4, 0.5) is 0 Å². The standard InChI is InChI=1S/C30H34O5S/c31-29(35-30(36(32,33)34)23-16-8-3-9-17-23)28-26(21-12-4-1-5-13-21)20-24-18-10-11-19-25(24)27(28)22-14-6-2-7-15-22/h3,8-11,16-22,30H,1-2,4-7,12-15H2,(H,32,33,34)/p-1. The summed E-state index contributed by atoms with van der Waals surface area (Å²) in [4.78, 5) is 14.0. The number of carbonyl (C=O) groups excluding carboxylic acids is 1. The lowest BCUT2D eigenvalue weighted by atomic mass is 9.74. The Morgan fingerprint density at radius 1 is 0.806 bits per heavy atom. The van der Waals surface area contributed by atoms with Gasteiger partial charge in [0.25, 0.3) is 0 Å². The first-order chi connectivity index (χ1) is 17.4. The molecule has 2 saturated carbocycles. The van der Waals surface area contributed by atoms with Gasteiger partial charge in [-0.25, -0.2) is 13.2 Å². The van der Waals surface area contributed by atoms with Gasteiger partial charge >= 0.3 is 5.97 Å². The Balaban J connectivity index is 1.68. The third-order valence-corrected chi connectivity index (χ3v) is 8.82. The number of fused-ring (bicyclic) bond motifs is 1. The molecule has 2 aliphatic carbocycles. The van der Waals surface area contributed by atoms with Crippen LogP contribution in [0.2, 0.25) is 0 Å². The lowest BCUT2D eigenvalue weighted by molar-refractivity contribution is 0.0422. The second kappa shape index (κ2) is 10.7. The molecule has 0 aromatic heterocycles. The molecular formula is C30H33O5S-. The molecule has 5 rings (SSSR count). The first-order valence-electron chi connectivity index (χ1n) is 13.2. The molecule has 5 nitrogen and oxygen atoms in total. The SMILES string of the molecule is O=C(OC(c1ccccc1)S(=O)(=O)[O-])c1c(C2CCCCC2)cc2ccccc2c1C1CCCCC1. The Morgan fingerprint density at radius 2 is 1.39 bits per heavy atom. The number of hydrogen-bond acceptors (Lipinski definition) is 5. The van der Waals surface area contributed by atoms with E-state index in [9.17, 15) is 17.8 Å². The largest absolute Gasteiger partial charge is 0.745 e. The number of rotatable bonds is 6. The van der Waals surface area contributed by atoms with Crippen molar-refractivity contribution in [1.82, 2.24) is 0 Å². The van der Waals surface area contributed by atoms with E-state index in [1.165, 1.54) is 25.0 Å². The van der Waals surface area contributed by atoms with Crippen molar-refractivity contribution < 1.29 is 22.5 Å². The number of hydrogen-bond donors (Lipinski definition) is 0. The van der Waals surface area contributed by atoms with Crippen molar-refractivity contribution in [2.24, 2.45) is 0 Å². The molecule has 2 aliphatic rings. The first-order valence-corrected chi connectivity index (χ1v) is 14.7. The number of ether oxygens (including phenoxy) is 1. The lowest BCUT2D eigenvalue weighted by Gasteiger charge is -2.31. The van der Waals surface area contributed by atoms with Crippen molar-refractivity contribution in [2.45, 2.75) is 81.5 Å². The van der Waals surface area contributed by atoms with Crippen LogP contribution in [0, 0.1) is 0 Å². The van der Waals surface area contributed by atoms with Gasteiger partial charge in [0.2, 0.25) is 5.44 Å². The zero-order valence-electron chi connectivity index (χ0n) is 20.5. The molecule has 1 unspecified atom stereocenters. The molecule has 0 spiro atoms. The van der Waals surface area contributed by atoms with E-state index in [-0.39, 0.29) is 17.4 Å². The maximum atomic E-state index is 14.0. The summed E-state index contributed by atoms with van der Waals surface area (Å²) >= 11 is 0. The fraction of sp³-hybridized carbons (Fsp3) is 0.433. The average molecular weight is 506 g/mol. The van der Waals surface area contributed by atoms with Gasteiger partial charge < -0.3 is 9.29 Å². The molecular weight excluding hydrogens is 472 g/mol. The predicted molar refractivity (Wildman–Crippen MR) is 140 cm³/mol. The minimum atomic E-state index is -4.93. The van der Waals surface area contributed by atoms with Crippen LogP contribution in [-0.2, 0) is 14.9 Å². The van der Waals surface area contributed by atoms with E-state index in [1.807, 2.05) is 12.1 Å². The molecule has 0 aliphatic heterocycles. The summed E-state index contributed by atoms with van der Waals surface area (Å²) in [6.07, 6.45) is 10.7. The van der Waals surface area contributed by atoms with Crippen LogP contribution in [0.5, 0.6) is 0 Å². The summed E-state index contributed by atoms with van der Waals surface area (Å²) in [5.41, 5.74) is 0.718. The molecule has 0 saturated heterocycles. The van der Waals surface area contributed by atoms with Crippen molar-refractivity contribution in [3.63, 3.8) is 0 Å². The van der Waals surface area contributed by atoms with E-state index in [4.69, 9.17) is 4.74 Å². The van der Waals surface area contributed by atoms with Crippen LogP contribution < -0.4 is 0 Å². The molecule has 3 aromatic rings. The van der Waals surface area contributed by atoms with Gasteiger partial charge in [-0.05, 0) is 65.5 Å². The van der Waals surface area contributed by atoms with Gasteiger partial charge in [0.15, 0.2) is 0 Å². The van der Waals surface area contributed by atoms with E-state index in [0.29, 0.717) is 5.56 Å². The predicted octanol–water partition coefficient (Wildman–Crippen LogP) is 7.34. The minimum Gasteiger partial charge on any atom is -0.745 e. The normalized spacial score (nSPS) is 18.7. The van der Waals surface area contributed by atoms with Crippen LogP contribution in [0.15, 0.2) is 60.7 Å². The van der Waals surface area contributed by atoms with Crippen LogP contribution in [0.3, 0.4) is 0 Å². The molecule has 0 heterocycles. The van der Waals surface area contributed by atoms with Crippen LogP contribution in [-0.4, -0.2) is 18.9 Å². The van der Waals surface area contributed by atoms with Gasteiger partial charge in [-0.2, -0.15) is 0 Å². The van der Waals surface area contributed by atoms with Gasteiger partial charge in [0.05, 0.1) is 5.56 Å². The van der Waals surface area contributed by atoms with E-state index < -0.39 is 21.5 Å². The van der Waals surface area contributed by atoms with Crippen LogP contribution in [0.1, 0.15) is 109 Å². The van der Waals surface area contributed by atoms with Crippen LogP contribution >= 0.6 is 0 Å². The quantitative estimate of drug-likeness (QED) is 0.259. The summed E-state index contributed by atoms with van der Waals surface area (Å²) in [6.45, 7) is 0. The highest BCUT2D eigenvalue weighted by Gasteiger charge is 2.33. The third-order valence-electron chi connectivity index (χ3n) is 7.93. The van der Waals surface area contributed by atoms with E-state index >= 15 is 0 Å². The molecule has 0 N–H and O–H groups in total. The molecule has 1 atom stereocenters. The fourth-order valence-corrected chi connectivity index (χ4v) is 6.93. The van der Waals surface area contributed by atoms with Crippen LogP contribution in [0.25, 0.3) is 10.8 Å². The molecule has 2 fully saturated rings. The Morgan fingerprint density at radius 3 is 2.03 bits per heavy atom. The molecule has 0 bridgehead atoms. The summed E-state index contributed by atoms with van der Waals surface area (Å²) in [5, 5.41) is 2.13. The second-order valence-electron chi connectivity index (χ2n) is 10.3. The van der Waals surface area contributed by atoms with E-state index in [0.717, 1.165) is 73.3 Å². The zero-order chi connectivity index (χ0) is 25.1. The third kappa shape index (κ3) is 5.21. The molecule has 0 radical (unpaired) electrons. The van der Waals surface area contributed by atoms with E-state index in [1.54, 1.807) is 18.2 Å². The first kappa shape index (κ1) is 25.0. The summed E-state index contributed by atoms with van der Waals surface area (Å²) in [7, 11) is -4.93. The Labute approximate surface area is 213 Å². The highest BCUT2D eigenvalue weighted by Crippen LogP contribution is 2.44. The van der Waals surface area contributed by atoms with Crippen molar-refractivity contribution in [3.05, 3.63) is 82.9 Å². The average Bonchev–Trinajstić information content (AvgIpc) is 2.91. The fourth-order valence-electron chi connectivity index (χ4n) is 6.24. The van der Waals surface area contributed by atoms with Crippen molar-refractivity contribution in [1.29, 1.82) is 0 Å². The highest BCUT2D eigenvalue weighted by molar-refractivity contribution is 7.85. The Hall–Kier alpha value is -2.70. The number of carbonyl (C=O) groups is 1. The van der Waals surface area contributed by atoms with Gasteiger partial charge in [-0.1, -0.05) is 93.1 Å². The van der Waals surface area contributed by atoms with Gasteiger partial charge in [-0.15, -0.1) is 0 Å². The van der Waals surface area contributed by atoms with Gasteiger partial charge in [-0.3, -0.25) is 0 Å². The zero-order valence-corrected chi connectivity index (χ0v) is 21.3. The summed E-state index contributed by atoms with van der Waals surface area (Å²) in [5.74, 6) is -0.281. The van der Waals surface area contributed by atoms with E-state index in [2.05, 4.69) is 18.2 Å². The molecule has 36 heavy (non-hydrogen) atoms. The van der Waals surface area contributed by atoms with Gasteiger partial charge in [0.1, 0.15) is 10.1 Å². The molecule has 0 amide bonds. The minimum absolute atomic E-state index is 0.167. The molecule has 3 aromatic carbocycles. The smallest absolute Gasteiger partial charge is 0.340 e. The van der Waals surface area contributed by atoms with Crippen molar-refractivity contribution in [3.8, 4) is 0 Å². The molecule has 190 valence electrons. The highest BCUT2D eigenvalue weighted by atomic mass is 32.2. The Kier molecular flexibility index (Phi) is 7.44. The Bertz CT molecular complexity index is 1320. The second-order valence-corrected chi connectivity index (χ2v) is 11.7. The summed E-state index contributed by atoms with van der Waals surface area (Å²) < 4.78 is 42.4. The van der Waals surface area contributed by atoms with Crippen molar-refractivity contribution >= 4 is 26.9 Å².